The zero-order valence-electron chi connectivity index (χ0n) is 11.4. The summed E-state index contributed by atoms with van der Waals surface area (Å²) in [5.74, 6) is 0.266. The molecule has 0 unspecified atom stereocenters. The van der Waals surface area contributed by atoms with Crippen LogP contribution in [-0.4, -0.2) is 47.3 Å². The van der Waals surface area contributed by atoms with Crippen LogP contribution in [0.4, 0.5) is 0 Å². The van der Waals surface area contributed by atoms with Crippen LogP contribution < -0.4 is 10.1 Å². The van der Waals surface area contributed by atoms with E-state index in [1.54, 1.807) is 10.9 Å². The number of esters is 1. The van der Waals surface area contributed by atoms with Crippen LogP contribution in [0.2, 0.25) is 0 Å². The second-order valence-corrected chi connectivity index (χ2v) is 4.69. The minimum atomic E-state index is -0.481. The Labute approximate surface area is 121 Å². The highest BCUT2D eigenvalue weighted by Gasteiger charge is 2.22. The van der Waals surface area contributed by atoms with Crippen molar-refractivity contribution in [3.05, 3.63) is 42.2 Å². The molecule has 1 aliphatic rings. The number of benzene rings is 1. The van der Waals surface area contributed by atoms with Crippen molar-refractivity contribution in [2.45, 2.75) is 6.04 Å². The van der Waals surface area contributed by atoms with Crippen molar-refractivity contribution >= 4 is 5.97 Å². The minimum absolute atomic E-state index is 0.172. The summed E-state index contributed by atoms with van der Waals surface area (Å²) >= 11 is 0. The van der Waals surface area contributed by atoms with Gasteiger partial charge in [-0.3, -0.25) is 0 Å². The van der Waals surface area contributed by atoms with E-state index in [4.69, 9.17) is 9.47 Å². The van der Waals surface area contributed by atoms with Crippen LogP contribution in [0.1, 0.15) is 16.5 Å². The zero-order valence-corrected chi connectivity index (χ0v) is 11.4. The summed E-state index contributed by atoms with van der Waals surface area (Å²) in [6, 6.07) is 9.65. The van der Waals surface area contributed by atoms with E-state index in [0.29, 0.717) is 6.61 Å². The van der Waals surface area contributed by atoms with E-state index < -0.39 is 5.97 Å². The number of carbonyl (C=O) groups is 1. The van der Waals surface area contributed by atoms with E-state index >= 15 is 0 Å². The number of ether oxygens (including phenoxy) is 2. The van der Waals surface area contributed by atoms with Gasteiger partial charge in [-0.15, -0.1) is 5.10 Å². The molecule has 0 radical (unpaired) electrons. The van der Waals surface area contributed by atoms with Gasteiger partial charge in [0.25, 0.3) is 0 Å². The highest BCUT2D eigenvalue weighted by atomic mass is 16.6. The number of aromatic nitrogens is 3. The maximum Gasteiger partial charge on any atom is 0.360 e. The molecule has 0 aliphatic carbocycles. The molecule has 1 N–H and O–H groups in total. The Kier molecular flexibility index (Phi) is 4.11. The molecule has 21 heavy (non-hydrogen) atoms. The van der Waals surface area contributed by atoms with Crippen LogP contribution in [-0.2, 0) is 4.74 Å². The predicted molar refractivity (Wildman–Crippen MR) is 74.1 cm³/mol. The van der Waals surface area contributed by atoms with Gasteiger partial charge in [0.15, 0.2) is 5.69 Å². The van der Waals surface area contributed by atoms with Gasteiger partial charge in [-0.05, 0) is 12.1 Å². The molecule has 110 valence electrons. The Balaban J connectivity index is 1.42. The molecule has 1 aromatic heterocycles. The fraction of sp³-hybridized carbons (Fsp3) is 0.357. The van der Waals surface area contributed by atoms with Crippen molar-refractivity contribution < 1.29 is 14.3 Å². The SMILES string of the molecule is O=C(OCCOc1ccccc1)c1cn(C2CNC2)nn1. The summed E-state index contributed by atoms with van der Waals surface area (Å²) in [5, 5.41) is 10.9. The van der Waals surface area contributed by atoms with Crippen LogP contribution in [0, 0.1) is 0 Å². The lowest BCUT2D eigenvalue weighted by Gasteiger charge is -2.26. The van der Waals surface area contributed by atoms with Crippen LogP contribution in [0.5, 0.6) is 5.75 Å². The van der Waals surface area contributed by atoms with Crippen molar-refractivity contribution in [3.8, 4) is 5.75 Å². The van der Waals surface area contributed by atoms with Gasteiger partial charge < -0.3 is 14.8 Å². The standard InChI is InChI=1S/C14H16N4O3/c19-14(13-10-18(17-16-13)11-8-15-9-11)21-7-6-20-12-4-2-1-3-5-12/h1-5,10-11,15H,6-9H2. The van der Waals surface area contributed by atoms with Crippen molar-refractivity contribution in [1.82, 2.24) is 20.3 Å². The number of hydrogen-bond acceptors (Lipinski definition) is 6. The topological polar surface area (TPSA) is 78.3 Å². The van der Waals surface area contributed by atoms with Gasteiger partial charge in [-0.2, -0.15) is 0 Å². The van der Waals surface area contributed by atoms with Gasteiger partial charge >= 0.3 is 5.97 Å². The first-order valence-corrected chi connectivity index (χ1v) is 6.80. The molecule has 0 amide bonds. The summed E-state index contributed by atoms with van der Waals surface area (Å²) in [6.07, 6.45) is 1.62. The van der Waals surface area contributed by atoms with Crippen molar-refractivity contribution in [3.63, 3.8) is 0 Å². The summed E-state index contributed by atoms with van der Waals surface area (Å²) in [7, 11) is 0. The fourth-order valence-corrected chi connectivity index (χ4v) is 1.89. The molecule has 7 heteroatoms. The van der Waals surface area contributed by atoms with E-state index in [0.717, 1.165) is 18.8 Å². The lowest BCUT2D eigenvalue weighted by Crippen LogP contribution is -2.43. The Morgan fingerprint density at radius 3 is 2.81 bits per heavy atom. The average molecular weight is 288 g/mol. The predicted octanol–water partition coefficient (Wildman–Crippen LogP) is 0.658. The normalized spacial score (nSPS) is 14.5. The summed E-state index contributed by atoms with van der Waals surface area (Å²) in [5.41, 5.74) is 0.224. The average Bonchev–Trinajstić information content (AvgIpc) is 2.92. The van der Waals surface area contributed by atoms with E-state index in [9.17, 15) is 4.79 Å². The number of nitrogens with one attached hydrogen (secondary N) is 1. The molecule has 0 saturated carbocycles. The molecule has 3 rings (SSSR count). The van der Waals surface area contributed by atoms with Crippen molar-refractivity contribution in [2.24, 2.45) is 0 Å². The second-order valence-electron chi connectivity index (χ2n) is 4.69. The molecule has 1 aromatic carbocycles. The number of para-hydroxylation sites is 1. The summed E-state index contributed by atoms with van der Waals surface area (Å²) in [4.78, 5) is 11.8. The first-order chi connectivity index (χ1) is 10.3. The number of hydrogen-bond donors (Lipinski definition) is 1. The maximum absolute atomic E-state index is 11.8. The van der Waals surface area contributed by atoms with Crippen molar-refractivity contribution in [1.29, 1.82) is 0 Å². The molecule has 1 saturated heterocycles. The number of nitrogens with zero attached hydrogens (tertiary/aromatic N) is 3. The number of rotatable bonds is 6. The molecule has 1 aliphatic heterocycles. The summed E-state index contributed by atoms with van der Waals surface area (Å²) < 4.78 is 12.2. The van der Waals surface area contributed by atoms with Gasteiger partial charge in [0, 0.05) is 13.1 Å². The van der Waals surface area contributed by atoms with Gasteiger partial charge in [-0.25, -0.2) is 9.48 Å². The highest BCUT2D eigenvalue weighted by Crippen LogP contribution is 2.10. The monoisotopic (exact) mass is 288 g/mol. The second kappa shape index (κ2) is 6.36. The molecular formula is C14H16N4O3. The first-order valence-electron chi connectivity index (χ1n) is 6.80. The first kappa shape index (κ1) is 13.6. The van der Waals surface area contributed by atoms with Gasteiger partial charge in [0.05, 0.1) is 12.2 Å². The van der Waals surface area contributed by atoms with Crippen LogP contribution in [0.15, 0.2) is 36.5 Å². The lowest BCUT2D eigenvalue weighted by atomic mass is 10.2. The Hall–Kier alpha value is -2.41. The third-order valence-electron chi connectivity index (χ3n) is 3.18. The highest BCUT2D eigenvalue weighted by molar-refractivity contribution is 5.86. The van der Waals surface area contributed by atoms with E-state index in [2.05, 4.69) is 15.6 Å². The molecule has 0 atom stereocenters. The van der Waals surface area contributed by atoms with E-state index in [-0.39, 0.29) is 18.3 Å². The fourth-order valence-electron chi connectivity index (χ4n) is 1.89. The molecule has 0 spiro atoms. The zero-order chi connectivity index (χ0) is 14.5. The quantitative estimate of drug-likeness (QED) is 0.621. The Bertz CT molecular complexity index is 595. The molecule has 2 aromatic rings. The van der Waals surface area contributed by atoms with Gasteiger partial charge in [-0.1, -0.05) is 23.4 Å². The van der Waals surface area contributed by atoms with E-state index in [1.165, 1.54) is 0 Å². The molecule has 0 bridgehead atoms. The van der Waals surface area contributed by atoms with E-state index in [1.807, 2.05) is 30.3 Å². The molecular weight excluding hydrogens is 272 g/mol. The largest absolute Gasteiger partial charge is 0.490 e. The Morgan fingerprint density at radius 1 is 1.29 bits per heavy atom. The van der Waals surface area contributed by atoms with Gasteiger partial charge in [0.1, 0.15) is 19.0 Å². The third-order valence-corrected chi connectivity index (χ3v) is 3.18. The van der Waals surface area contributed by atoms with Crippen LogP contribution in [0.25, 0.3) is 0 Å². The summed E-state index contributed by atoms with van der Waals surface area (Å²) in [6.45, 7) is 2.17. The van der Waals surface area contributed by atoms with Crippen LogP contribution >= 0.6 is 0 Å². The Morgan fingerprint density at radius 2 is 2.10 bits per heavy atom. The van der Waals surface area contributed by atoms with Crippen LogP contribution in [0.3, 0.4) is 0 Å². The third kappa shape index (κ3) is 3.38. The minimum Gasteiger partial charge on any atom is -0.490 e. The molecule has 7 nitrogen and oxygen atoms in total. The molecule has 2 heterocycles. The maximum atomic E-state index is 11.8. The molecule has 1 fully saturated rings. The van der Waals surface area contributed by atoms with Crippen molar-refractivity contribution in [2.75, 3.05) is 26.3 Å². The van der Waals surface area contributed by atoms with Gasteiger partial charge in [0.2, 0.25) is 0 Å². The smallest absolute Gasteiger partial charge is 0.360 e. The number of carbonyl (C=O) groups excluding carboxylic acids is 1. The lowest BCUT2D eigenvalue weighted by molar-refractivity contribution is 0.0443.